The van der Waals surface area contributed by atoms with Gasteiger partial charge >= 0.3 is 5.97 Å². The Hall–Kier alpha value is -1.63. The van der Waals surface area contributed by atoms with Gasteiger partial charge in [-0.25, -0.2) is 18.2 Å². The van der Waals surface area contributed by atoms with Gasteiger partial charge < -0.3 is 9.84 Å². The fourth-order valence-electron chi connectivity index (χ4n) is 1.10. The minimum atomic E-state index is -2.97. The van der Waals surface area contributed by atoms with Crippen molar-refractivity contribution >= 4 is 15.8 Å². The molecule has 1 heterocycles. The zero-order valence-corrected chi connectivity index (χ0v) is 10.1. The third-order valence-corrected chi connectivity index (χ3v) is 2.91. The summed E-state index contributed by atoms with van der Waals surface area (Å²) in [6.45, 7) is 0.251. The fraction of sp³-hybridized carbons (Fsp3) is 0.400. The quantitative estimate of drug-likeness (QED) is 0.751. The van der Waals surface area contributed by atoms with E-state index in [2.05, 4.69) is 4.98 Å². The molecule has 94 valence electrons. The number of aromatic carboxylic acids is 1. The van der Waals surface area contributed by atoms with Crippen molar-refractivity contribution in [1.82, 2.24) is 4.98 Å². The van der Waals surface area contributed by atoms with Crippen LogP contribution in [0.1, 0.15) is 16.9 Å². The van der Waals surface area contributed by atoms with Gasteiger partial charge in [-0.15, -0.1) is 0 Å². The summed E-state index contributed by atoms with van der Waals surface area (Å²) in [5, 5.41) is 8.61. The van der Waals surface area contributed by atoms with Crippen LogP contribution in [0.4, 0.5) is 0 Å². The second kappa shape index (κ2) is 5.62. The molecule has 0 fully saturated rings. The summed E-state index contributed by atoms with van der Waals surface area (Å²) in [4.78, 5) is 14.2. The van der Waals surface area contributed by atoms with E-state index in [1.807, 2.05) is 0 Å². The first kappa shape index (κ1) is 13.4. The Morgan fingerprint density at radius 3 is 2.65 bits per heavy atom. The van der Waals surface area contributed by atoms with Gasteiger partial charge in [0.2, 0.25) is 0 Å². The standard InChI is InChI=1S/C10H13NO5S/c1-17(14,15)6-2-5-16-8-3-4-9(10(12)13)11-7-8/h3-4,7H,2,5-6H2,1H3,(H,12,13). The Labute approximate surface area is 99.2 Å². The number of carboxylic acids is 1. The molecule has 0 bridgehead atoms. The maximum Gasteiger partial charge on any atom is 0.354 e. The van der Waals surface area contributed by atoms with Crippen LogP contribution in [0.5, 0.6) is 5.75 Å². The van der Waals surface area contributed by atoms with Gasteiger partial charge in [-0.3, -0.25) is 0 Å². The summed E-state index contributed by atoms with van der Waals surface area (Å²) in [7, 11) is -2.97. The van der Waals surface area contributed by atoms with Crippen LogP contribution in [0.25, 0.3) is 0 Å². The highest BCUT2D eigenvalue weighted by Crippen LogP contribution is 2.09. The Morgan fingerprint density at radius 1 is 1.47 bits per heavy atom. The lowest BCUT2D eigenvalue weighted by molar-refractivity contribution is 0.0690. The molecule has 7 heteroatoms. The largest absolute Gasteiger partial charge is 0.492 e. The van der Waals surface area contributed by atoms with Crippen molar-refractivity contribution in [3.8, 4) is 5.75 Å². The topological polar surface area (TPSA) is 93.6 Å². The molecule has 17 heavy (non-hydrogen) atoms. The number of pyridine rings is 1. The first-order valence-corrected chi connectivity index (χ1v) is 6.94. The van der Waals surface area contributed by atoms with E-state index in [1.165, 1.54) is 18.3 Å². The first-order chi connectivity index (χ1) is 7.88. The Kier molecular flexibility index (Phi) is 4.45. The lowest BCUT2D eigenvalue weighted by Gasteiger charge is -2.05. The monoisotopic (exact) mass is 259 g/mol. The zero-order chi connectivity index (χ0) is 12.9. The molecule has 0 atom stereocenters. The number of carboxylic acid groups (broad SMARTS) is 1. The molecule has 1 aromatic rings. The summed E-state index contributed by atoms with van der Waals surface area (Å²) in [6.07, 6.45) is 2.85. The lowest BCUT2D eigenvalue weighted by Crippen LogP contribution is -2.08. The molecule has 0 amide bonds. The number of hydrogen-bond donors (Lipinski definition) is 1. The maximum atomic E-state index is 10.8. The highest BCUT2D eigenvalue weighted by molar-refractivity contribution is 7.90. The molecule has 0 unspecified atom stereocenters. The third kappa shape index (κ3) is 5.30. The molecule has 1 N–H and O–H groups in total. The minimum absolute atomic E-state index is 0.0616. The van der Waals surface area contributed by atoms with Gasteiger partial charge in [0, 0.05) is 6.26 Å². The molecule has 1 rings (SSSR count). The molecule has 6 nitrogen and oxygen atoms in total. The van der Waals surface area contributed by atoms with Gasteiger partial charge in [-0.05, 0) is 18.6 Å². The van der Waals surface area contributed by atoms with Gasteiger partial charge in [-0.2, -0.15) is 0 Å². The summed E-state index contributed by atoms with van der Waals surface area (Å²) >= 11 is 0. The van der Waals surface area contributed by atoms with Crippen molar-refractivity contribution < 1.29 is 23.1 Å². The number of sulfone groups is 1. The molecule has 0 radical (unpaired) electrons. The van der Waals surface area contributed by atoms with Crippen LogP contribution in [0.3, 0.4) is 0 Å². The molecule has 0 saturated carbocycles. The summed E-state index contributed by atoms with van der Waals surface area (Å²) in [6, 6.07) is 2.81. The third-order valence-electron chi connectivity index (χ3n) is 1.88. The van der Waals surface area contributed by atoms with E-state index in [1.54, 1.807) is 0 Å². The van der Waals surface area contributed by atoms with Crippen molar-refractivity contribution in [3.63, 3.8) is 0 Å². The molecule has 0 saturated heterocycles. The molecule has 0 spiro atoms. The Bertz CT molecular complexity index is 480. The molecular formula is C10H13NO5S. The SMILES string of the molecule is CS(=O)(=O)CCCOc1ccc(C(=O)O)nc1. The van der Waals surface area contributed by atoms with E-state index in [0.29, 0.717) is 12.2 Å². The van der Waals surface area contributed by atoms with E-state index in [-0.39, 0.29) is 18.1 Å². The number of ether oxygens (including phenoxy) is 1. The first-order valence-electron chi connectivity index (χ1n) is 4.88. The van der Waals surface area contributed by atoms with Crippen LogP contribution < -0.4 is 4.74 Å². The predicted octanol–water partition coefficient (Wildman–Crippen LogP) is 0.593. The van der Waals surface area contributed by atoms with E-state index in [4.69, 9.17) is 9.84 Å². The van der Waals surface area contributed by atoms with Gasteiger partial charge in [0.25, 0.3) is 0 Å². The summed E-state index contributed by atoms with van der Waals surface area (Å²) in [5.74, 6) is -0.620. The van der Waals surface area contributed by atoms with Crippen LogP contribution in [0.15, 0.2) is 18.3 Å². The Balaban J connectivity index is 2.40. The number of rotatable bonds is 6. The van der Waals surface area contributed by atoms with Gasteiger partial charge in [0.15, 0.2) is 0 Å². The second-order valence-electron chi connectivity index (χ2n) is 3.52. The van der Waals surface area contributed by atoms with Crippen LogP contribution in [-0.4, -0.2) is 43.1 Å². The average Bonchev–Trinajstić information content (AvgIpc) is 2.24. The molecule has 0 aliphatic carbocycles. The van der Waals surface area contributed by atoms with Crippen molar-refractivity contribution in [2.75, 3.05) is 18.6 Å². The van der Waals surface area contributed by atoms with Gasteiger partial charge in [-0.1, -0.05) is 0 Å². The van der Waals surface area contributed by atoms with E-state index < -0.39 is 15.8 Å². The number of nitrogens with zero attached hydrogens (tertiary/aromatic N) is 1. The smallest absolute Gasteiger partial charge is 0.354 e. The highest BCUT2D eigenvalue weighted by atomic mass is 32.2. The highest BCUT2D eigenvalue weighted by Gasteiger charge is 2.05. The molecule has 0 aliphatic heterocycles. The average molecular weight is 259 g/mol. The number of carbonyl (C=O) groups is 1. The molecular weight excluding hydrogens is 246 g/mol. The second-order valence-corrected chi connectivity index (χ2v) is 5.78. The normalized spacial score (nSPS) is 11.1. The molecule has 0 aromatic carbocycles. The van der Waals surface area contributed by atoms with Crippen molar-refractivity contribution in [3.05, 3.63) is 24.0 Å². The van der Waals surface area contributed by atoms with Crippen LogP contribution in [-0.2, 0) is 9.84 Å². The maximum absolute atomic E-state index is 10.8. The van der Waals surface area contributed by atoms with Gasteiger partial charge in [0.1, 0.15) is 21.3 Å². The summed E-state index contributed by atoms with van der Waals surface area (Å²) < 4.78 is 26.9. The van der Waals surface area contributed by atoms with E-state index in [0.717, 1.165) is 6.26 Å². The number of aromatic nitrogens is 1. The lowest BCUT2D eigenvalue weighted by atomic mass is 10.3. The summed E-state index contributed by atoms with van der Waals surface area (Å²) in [5.41, 5.74) is -0.0616. The van der Waals surface area contributed by atoms with Crippen molar-refractivity contribution in [2.24, 2.45) is 0 Å². The fourth-order valence-corrected chi connectivity index (χ4v) is 1.75. The van der Waals surface area contributed by atoms with E-state index in [9.17, 15) is 13.2 Å². The van der Waals surface area contributed by atoms with Crippen LogP contribution in [0.2, 0.25) is 0 Å². The minimum Gasteiger partial charge on any atom is -0.492 e. The molecule has 1 aromatic heterocycles. The number of hydrogen-bond acceptors (Lipinski definition) is 5. The molecule has 0 aliphatic rings. The van der Waals surface area contributed by atoms with Crippen LogP contribution >= 0.6 is 0 Å². The van der Waals surface area contributed by atoms with Crippen molar-refractivity contribution in [2.45, 2.75) is 6.42 Å². The zero-order valence-electron chi connectivity index (χ0n) is 9.29. The predicted molar refractivity (Wildman–Crippen MR) is 61.0 cm³/mol. The van der Waals surface area contributed by atoms with Gasteiger partial charge in [0.05, 0.1) is 18.6 Å². The Morgan fingerprint density at radius 2 is 2.18 bits per heavy atom. The van der Waals surface area contributed by atoms with Crippen molar-refractivity contribution in [1.29, 1.82) is 0 Å². The van der Waals surface area contributed by atoms with Crippen LogP contribution in [0, 0.1) is 0 Å². The van der Waals surface area contributed by atoms with E-state index >= 15 is 0 Å².